The third-order valence-corrected chi connectivity index (χ3v) is 5.64. The molecule has 4 rings (SSSR count). The summed E-state index contributed by atoms with van der Waals surface area (Å²) in [6.07, 6.45) is 0. The Bertz CT molecular complexity index is 1120. The molecule has 0 aliphatic carbocycles. The Kier molecular flexibility index (Phi) is 4.82. The van der Waals surface area contributed by atoms with Crippen LogP contribution >= 0.6 is 11.6 Å². The van der Waals surface area contributed by atoms with Gasteiger partial charge >= 0.3 is 0 Å². The molecule has 0 N–H and O–H groups in total. The number of halogens is 1. The fourth-order valence-electron chi connectivity index (χ4n) is 3.89. The third-order valence-electron chi connectivity index (χ3n) is 5.32. The number of hydrogen-bond acceptors (Lipinski definition) is 2. The summed E-state index contributed by atoms with van der Waals surface area (Å²) < 4.78 is 1.69. The van der Waals surface area contributed by atoms with Gasteiger partial charge in [0.05, 0.1) is 22.8 Å². The van der Waals surface area contributed by atoms with Gasteiger partial charge in [0.1, 0.15) is 0 Å². The highest BCUT2D eigenvalue weighted by molar-refractivity contribution is 6.33. The van der Waals surface area contributed by atoms with E-state index < -0.39 is 0 Å². The molecule has 1 aliphatic heterocycles. The minimum absolute atomic E-state index is 0.0845. The van der Waals surface area contributed by atoms with Crippen LogP contribution in [0.25, 0.3) is 22.4 Å². The van der Waals surface area contributed by atoms with Gasteiger partial charge in [-0.1, -0.05) is 54.1 Å². The molecule has 28 heavy (non-hydrogen) atoms. The number of rotatable bonds is 4. The Hall–Kier alpha value is -2.85. The maximum Gasteiger partial charge on any atom is 0.259 e. The summed E-state index contributed by atoms with van der Waals surface area (Å²) in [6, 6.07) is 16.9. The highest BCUT2D eigenvalue weighted by Crippen LogP contribution is 2.39. The van der Waals surface area contributed by atoms with E-state index in [1.54, 1.807) is 21.6 Å². The van der Waals surface area contributed by atoms with Gasteiger partial charge in [-0.3, -0.25) is 9.59 Å². The van der Waals surface area contributed by atoms with Crippen molar-refractivity contribution in [2.45, 2.75) is 20.4 Å². The number of fused-ring (bicyclic) bond motifs is 3. The molecule has 0 atom stereocenters. The Morgan fingerprint density at radius 3 is 2.46 bits per heavy atom. The summed E-state index contributed by atoms with van der Waals surface area (Å²) in [5.74, 6) is -0.0845. The molecule has 0 spiro atoms. The first-order valence-electron chi connectivity index (χ1n) is 9.47. The van der Waals surface area contributed by atoms with Crippen LogP contribution in [0.1, 0.15) is 29.8 Å². The SMILES string of the molecule is CCN(CC)C(=O)c1cc(-c2ccccc2)c(=O)n2c1-c1c(Cl)cccc1C2. The fourth-order valence-corrected chi connectivity index (χ4v) is 4.18. The van der Waals surface area contributed by atoms with Gasteiger partial charge in [-0.05, 0) is 37.1 Å². The van der Waals surface area contributed by atoms with Crippen molar-refractivity contribution in [3.8, 4) is 22.4 Å². The molecule has 0 saturated carbocycles. The molecular weight excluding hydrogens is 372 g/mol. The van der Waals surface area contributed by atoms with Crippen molar-refractivity contribution in [3.63, 3.8) is 0 Å². The summed E-state index contributed by atoms with van der Waals surface area (Å²) in [7, 11) is 0. The maximum absolute atomic E-state index is 13.4. The summed E-state index contributed by atoms with van der Waals surface area (Å²) in [5, 5.41) is 0.559. The largest absolute Gasteiger partial charge is 0.339 e. The topological polar surface area (TPSA) is 42.3 Å². The van der Waals surface area contributed by atoms with E-state index in [0.717, 1.165) is 16.7 Å². The van der Waals surface area contributed by atoms with Crippen LogP contribution in [0.15, 0.2) is 59.4 Å². The summed E-state index contributed by atoms with van der Waals surface area (Å²) in [4.78, 5) is 28.4. The normalized spacial score (nSPS) is 11.8. The standard InChI is InChI=1S/C23H21ClN2O2/c1-3-25(4-2)22(27)18-13-17(15-9-6-5-7-10-15)23(28)26-14-16-11-8-12-19(24)20(16)21(18)26/h5-13H,3-4,14H2,1-2H3. The number of carbonyl (C=O) groups excluding carboxylic acids is 1. The average Bonchev–Trinajstić information content (AvgIpc) is 3.11. The van der Waals surface area contributed by atoms with Gasteiger partial charge in [-0.15, -0.1) is 0 Å². The van der Waals surface area contributed by atoms with Crippen LogP contribution in [-0.2, 0) is 6.54 Å². The number of hydrogen-bond donors (Lipinski definition) is 0. The summed E-state index contributed by atoms with van der Waals surface area (Å²) in [6.45, 7) is 5.53. The molecule has 0 fully saturated rings. The average molecular weight is 393 g/mol. The van der Waals surface area contributed by atoms with Crippen LogP contribution in [0.4, 0.5) is 0 Å². The van der Waals surface area contributed by atoms with E-state index in [-0.39, 0.29) is 11.5 Å². The molecule has 0 saturated heterocycles. The van der Waals surface area contributed by atoms with Crippen LogP contribution in [-0.4, -0.2) is 28.5 Å². The second kappa shape index (κ2) is 7.28. The van der Waals surface area contributed by atoms with Crippen molar-refractivity contribution in [2.24, 2.45) is 0 Å². The molecule has 0 unspecified atom stereocenters. The lowest BCUT2D eigenvalue weighted by Crippen LogP contribution is -2.33. The minimum Gasteiger partial charge on any atom is -0.339 e. The van der Waals surface area contributed by atoms with Crippen molar-refractivity contribution < 1.29 is 4.79 Å². The van der Waals surface area contributed by atoms with Crippen molar-refractivity contribution in [1.82, 2.24) is 9.47 Å². The molecule has 1 aliphatic rings. The number of benzene rings is 2. The Morgan fingerprint density at radius 1 is 1.07 bits per heavy atom. The van der Waals surface area contributed by atoms with E-state index in [2.05, 4.69) is 0 Å². The lowest BCUT2D eigenvalue weighted by molar-refractivity contribution is 0.0773. The van der Waals surface area contributed by atoms with Crippen LogP contribution < -0.4 is 5.56 Å². The maximum atomic E-state index is 13.4. The first kappa shape index (κ1) is 18.5. The predicted molar refractivity (Wildman–Crippen MR) is 113 cm³/mol. The number of pyridine rings is 1. The monoisotopic (exact) mass is 392 g/mol. The van der Waals surface area contributed by atoms with E-state index in [1.807, 2.05) is 56.3 Å². The van der Waals surface area contributed by atoms with Crippen LogP contribution in [0.3, 0.4) is 0 Å². The Morgan fingerprint density at radius 2 is 1.79 bits per heavy atom. The number of aromatic nitrogens is 1. The van der Waals surface area contributed by atoms with E-state index >= 15 is 0 Å². The summed E-state index contributed by atoms with van der Waals surface area (Å²) >= 11 is 6.49. The Balaban J connectivity index is 2.04. The first-order valence-corrected chi connectivity index (χ1v) is 9.84. The van der Waals surface area contributed by atoms with Gasteiger partial charge in [0.15, 0.2) is 0 Å². The molecule has 142 valence electrons. The molecule has 3 aromatic rings. The van der Waals surface area contributed by atoms with Crippen molar-refractivity contribution in [3.05, 3.63) is 81.1 Å². The predicted octanol–water partition coefficient (Wildman–Crippen LogP) is 4.68. The zero-order chi connectivity index (χ0) is 19.8. The van der Waals surface area contributed by atoms with Crippen molar-refractivity contribution in [1.29, 1.82) is 0 Å². The van der Waals surface area contributed by atoms with Crippen LogP contribution in [0.5, 0.6) is 0 Å². The van der Waals surface area contributed by atoms with Gasteiger partial charge in [-0.25, -0.2) is 0 Å². The van der Waals surface area contributed by atoms with Gasteiger partial charge in [0.25, 0.3) is 11.5 Å². The van der Waals surface area contributed by atoms with Crippen molar-refractivity contribution in [2.75, 3.05) is 13.1 Å². The highest BCUT2D eigenvalue weighted by Gasteiger charge is 2.30. The third kappa shape index (κ3) is 2.85. The number of amides is 1. The highest BCUT2D eigenvalue weighted by atomic mass is 35.5. The molecule has 4 nitrogen and oxygen atoms in total. The molecule has 5 heteroatoms. The van der Waals surface area contributed by atoms with Crippen LogP contribution in [0.2, 0.25) is 5.02 Å². The number of nitrogens with zero attached hydrogens (tertiary/aromatic N) is 2. The lowest BCUT2D eigenvalue weighted by atomic mass is 9.99. The van der Waals surface area contributed by atoms with E-state index in [9.17, 15) is 9.59 Å². The minimum atomic E-state index is -0.107. The molecule has 1 amide bonds. The molecular formula is C23H21ClN2O2. The lowest BCUT2D eigenvalue weighted by Gasteiger charge is -2.21. The summed E-state index contributed by atoms with van der Waals surface area (Å²) in [5.41, 5.74) is 4.13. The quantitative estimate of drug-likeness (QED) is 0.506. The zero-order valence-corrected chi connectivity index (χ0v) is 16.7. The van der Waals surface area contributed by atoms with Gasteiger partial charge in [0, 0.05) is 24.2 Å². The molecule has 1 aromatic heterocycles. The second-order valence-corrected chi connectivity index (χ2v) is 7.24. The van der Waals surface area contributed by atoms with Gasteiger partial charge in [-0.2, -0.15) is 0 Å². The molecule has 0 radical (unpaired) electrons. The van der Waals surface area contributed by atoms with Crippen LogP contribution in [0, 0.1) is 0 Å². The second-order valence-electron chi connectivity index (χ2n) is 6.83. The van der Waals surface area contributed by atoms with Crippen molar-refractivity contribution >= 4 is 17.5 Å². The molecule has 2 aromatic carbocycles. The molecule has 0 bridgehead atoms. The van der Waals surface area contributed by atoms with Gasteiger partial charge in [0.2, 0.25) is 0 Å². The van der Waals surface area contributed by atoms with Gasteiger partial charge < -0.3 is 9.47 Å². The molecule has 2 heterocycles. The fraction of sp³-hybridized carbons (Fsp3) is 0.217. The van der Waals surface area contributed by atoms with E-state index in [1.165, 1.54) is 0 Å². The zero-order valence-electron chi connectivity index (χ0n) is 15.9. The number of carbonyl (C=O) groups is 1. The van der Waals surface area contributed by atoms with E-state index in [4.69, 9.17) is 11.6 Å². The smallest absolute Gasteiger partial charge is 0.259 e. The first-order chi connectivity index (χ1) is 13.6. The Labute approximate surface area is 169 Å². The van der Waals surface area contributed by atoms with E-state index in [0.29, 0.717) is 41.5 Å².